The number of pyridine rings is 1. The third-order valence-electron chi connectivity index (χ3n) is 7.16. The molecule has 0 aliphatic carbocycles. The molecule has 0 fully saturated rings. The van der Waals surface area contributed by atoms with Crippen LogP contribution in [0.2, 0.25) is 0 Å². The van der Waals surface area contributed by atoms with E-state index in [1.807, 2.05) is 12.1 Å². The largest absolute Gasteiger partial charge is 0.495 e. The molecule has 3 aromatic carbocycles. The molecule has 45 heavy (non-hydrogen) atoms. The van der Waals surface area contributed by atoms with Gasteiger partial charge in [0.05, 0.1) is 18.4 Å². The van der Waals surface area contributed by atoms with E-state index in [2.05, 4.69) is 42.8 Å². The number of benzene rings is 3. The monoisotopic (exact) mass is 609 g/mol. The normalized spacial score (nSPS) is 12.6. The minimum absolute atomic E-state index is 0.0603. The molecule has 1 aliphatic heterocycles. The molecule has 228 valence electrons. The van der Waals surface area contributed by atoms with Gasteiger partial charge < -0.3 is 30.3 Å². The van der Waals surface area contributed by atoms with Gasteiger partial charge in [0.1, 0.15) is 17.4 Å². The topological polar surface area (TPSA) is 114 Å². The van der Waals surface area contributed by atoms with Crippen LogP contribution in [0.25, 0.3) is 0 Å². The van der Waals surface area contributed by atoms with Crippen molar-refractivity contribution in [2.45, 2.75) is 13.0 Å². The maximum atomic E-state index is 15.2. The Morgan fingerprint density at radius 2 is 1.71 bits per heavy atom. The van der Waals surface area contributed by atoms with Crippen LogP contribution in [0, 0.1) is 11.6 Å². The smallest absolute Gasteiger partial charge is 0.259 e. The van der Waals surface area contributed by atoms with Gasteiger partial charge in [-0.05, 0) is 85.3 Å². The molecule has 12 heteroatoms. The Balaban J connectivity index is 1.15. The number of carbonyl (C=O) groups is 1. The molecular formula is C33H29F2N7O3. The van der Waals surface area contributed by atoms with Gasteiger partial charge in [-0.1, -0.05) is 0 Å². The van der Waals surface area contributed by atoms with Crippen molar-refractivity contribution in [3.63, 3.8) is 0 Å². The highest BCUT2D eigenvalue weighted by molar-refractivity contribution is 6.07. The van der Waals surface area contributed by atoms with Crippen molar-refractivity contribution in [2.75, 3.05) is 36.7 Å². The number of amides is 1. The maximum Gasteiger partial charge on any atom is 0.259 e. The van der Waals surface area contributed by atoms with Crippen LogP contribution in [-0.4, -0.2) is 46.5 Å². The van der Waals surface area contributed by atoms with Crippen LogP contribution < -0.4 is 25.4 Å². The summed E-state index contributed by atoms with van der Waals surface area (Å²) in [5.41, 5.74) is 4.12. The van der Waals surface area contributed by atoms with Gasteiger partial charge in [0.2, 0.25) is 11.8 Å². The molecule has 3 N–H and O–H groups in total. The minimum Gasteiger partial charge on any atom is -0.495 e. The fourth-order valence-electron chi connectivity index (χ4n) is 4.90. The number of fused-ring (bicyclic) bond motifs is 1. The molecule has 0 bridgehead atoms. The van der Waals surface area contributed by atoms with E-state index >= 15 is 4.39 Å². The second kappa shape index (κ2) is 12.9. The number of aromatic nitrogens is 3. The Morgan fingerprint density at radius 3 is 2.51 bits per heavy atom. The van der Waals surface area contributed by atoms with Gasteiger partial charge in [-0.2, -0.15) is 4.98 Å². The van der Waals surface area contributed by atoms with Crippen LogP contribution in [0.15, 0.2) is 85.2 Å². The summed E-state index contributed by atoms with van der Waals surface area (Å²) >= 11 is 0. The molecule has 0 radical (unpaired) electrons. The lowest BCUT2D eigenvalue weighted by molar-refractivity contribution is 0.102. The molecule has 2 aromatic heterocycles. The van der Waals surface area contributed by atoms with Gasteiger partial charge in [-0.25, -0.2) is 18.7 Å². The molecule has 0 saturated carbocycles. The highest BCUT2D eigenvalue weighted by Crippen LogP contribution is 2.34. The van der Waals surface area contributed by atoms with E-state index in [1.165, 1.54) is 66.0 Å². The number of rotatable bonds is 9. The minimum atomic E-state index is -0.665. The van der Waals surface area contributed by atoms with Gasteiger partial charge >= 0.3 is 0 Å². The van der Waals surface area contributed by atoms with Crippen molar-refractivity contribution in [1.29, 1.82) is 0 Å². The standard InChI is InChI=1S/C33H29F2N7O3/c1-42-15-12-20-17-29(44-2)27(16-21(20)19-42)40-33-37-14-11-30(41-33)45-28-10-9-24(18-26(28)35)38-31-25(4-3-13-36-31)32(43)39-23-7-5-22(34)6-8-23/h3-11,13-14,16-18H,12,15,19H2,1-2H3,(H,36,38)(H,39,43)(H,37,40,41). The Labute approximate surface area is 258 Å². The van der Waals surface area contributed by atoms with Crippen LogP contribution in [0.4, 0.5) is 37.6 Å². The van der Waals surface area contributed by atoms with Gasteiger partial charge in [-0.3, -0.25) is 4.79 Å². The maximum absolute atomic E-state index is 15.2. The number of methoxy groups -OCH3 is 1. The number of halogens is 2. The average Bonchev–Trinajstić information content (AvgIpc) is 3.03. The molecule has 0 spiro atoms. The number of nitrogens with zero attached hydrogens (tertiary/aromatic N) is 4. The SMILES string of the molecule is COc1cc2c(cc1Nc1nccc(Oc3ccc(Nc4ncccc4C(=O)Nc4ccc(F)cc4)cc3F)n1)CN(C)CC2. The quantitative estimate of drug-likeness (QED) is 0.168. The van der Waals surface area contributed by atoms with Crippen LogP contribution in [0.5, 0.6) is 17.4 Å². The summed E-state index contributed by atoms with van der Waals surface area (Å²) in [6, 6.07) is 18.4. The van der Waals surface area contributed by atoms with Gasteiger partial charge in [0.25, 0.3) is 5.91 Å². The molecule has 3 heterocycles. The predicted molar refractivity (Wildman–Crippen MR) is 167 cm³/mol. The average molecular weight is 610 g/mol. The van der Waals surface area contributed by atoms with E-state index in [9.17, 15) is 9.18 Å². The van der Waals surface area contributed by atoms with Crippen LogP contribution >= 0.6 is 0 Å². The van der Waals surface area contributed by atoms with Crippen LogP contribution in [0.3, 0.4) is 0 Å². The summed E-state index contributed by atoms with van der Waals surface area (Å²) < 4.78 is 39.8. The van der Waals surface area contributed by atoms with E-state index in [-0.39, 0.29) is 29.0 Å². The third kappa shape index (κ3) is 6.97. The van der Waals surface area contributed by atoms with Crippen molar-refractivity contribution in [2.24, 2.45) is 0 Å². The highest BCUT2D eigenvalue weighted by atomic mass is 19.1. The first-order valence-electron chi connectivity index (χ1n) is 14.1. The number of ether oxygens (including phenoxy) is 2. The lowest BCUT2D eigenvalue weighted by Crippen LogP contribution is -2.26. The summed E-state index contributed by atoms with van der Waals surface area (Å²) in [7, 11) is 3.69. The van der Waals surface area contributed by atoms with E-state index in [0.29, 0.717) is 22.8 Å². The number of anilines is 5. The van der Waals surface area contributed by atoms with Gasteiger partial charge in [-0.15, -0.1) is 0 Å². The zero-order chi connectivity index (χ0) is 31.3. The molecule has 0 atom stereocenters. The summed E-state index contributed by atoms with van der Waals surface area (Å²) in [6.07, 6.45) is 3.96. The van der Waals surface area contributed by atoms with E-state index in [4.69, 9.17) is 9.47 Å². The first kappa shape index (κ1) is 29.5. The molecule has 0 unspecified atom stereocenters. The molecule has 10 nitrogen and oxygen atoms in total. The molecule has 0 saturated heterocycles. The van der Waals surface area contributed by atoms with E-state index in [1.54, 1.807) is 25.3 Å². The zero-order valence-corrected chi connectivity index (χ0v) is 24.5. The van der Waals surface area contributed by atoms with Gasteiger partial charge in [0.15, 0.2) is 11.6 Å². The fraction of sp³-hybridized carbons (Fsp3) is 0.152. The van der Waals surface area contributed by atoms with Crippen molar-refractivity contribution in [3.8, 4) is 17.4 Å². The first-order valence-corrected chi connectivity index (χ1v) is 14.1. The highest BCUT2D eigenvalue weighted by Gasteiger charge is 2.18. The second-order valence-corrected chi connectivity index (χ2v) is 10.4. The van der Waals surface area contributed by atoms with Crippen LogP contribution in [0.1, 0.15) is 21.5 Å². The molecule has 5 aromatic rings. The lowest BCUT2D eigenvalue weighted by Gasteiger charge is -2.26. The number of hydrogen-bond acceptors (Lipinski definition) is 9. The van der Waals surface area contributed by atoms with Crippen molar-refractivity contribution >= 4 is 34.7 Å². The summed E-state index contributed by atoms with van der Waals surface area (Å²) in [5, 5.41) is 8.86. The van der Waals surface area contributed by atoms with Gasteiger partial charge in [0, 0.05) is 49.0 Å². The molecule has 6 rings (SSSR count). The zero-order valence-electron chi connectivity index (χ0n) is 24.5. The molecular weight excluding hydrogens is 580 g/mol. The van der Waals surface area contributed by atoms with Crippen molar-refractivity contribution in [3.05, 3.63) is 114 Å². The summed E-state index contributed by atoms with van der Waals surface area (Å²) in [6.45, 7) is 1.81. The Hall–Kier alpha value is -5.62. The Morgan fingerprint density at radius 1 is 0.889 bits per heavy atom. The van der Waals surface area contributed by atoms with Crippen LogP contribution in [-0.2, 0) is 13.0 Å². The second-order valence-electron chi connectivity index (χ2n) is 10.4. The van der Waals surface area contributed by atoms with E-state index in [0.717, 1.165) is 19.5 Å². The number of hydrogen-bond donors (Lipinski definition) is 3. The number of nitrogens with one attached hydrogen (secondary N) is 3. The number of carbonyl (C=O) groups excluding carboxylic acids is 1. The molecule has 1 aliphatic rings. The Kier molecular flexibility index (Phi) is 8.47. The van der Waals surface area contributed by atoms with Crippen molar-refractivity contribution < 1.29 is 23.0 Å². The van der Waals surface area contributed by atoms with Crippen molar-refractivity contribution in [1.82, 2.24) is 19.9 Å². The molecule has 1 amide bonds. The number of likely N-dealkylation sites (N-methyl/N-ethyl adjacent to an activating group) is 1. The predicted octanol–water partition coefficient (Wildman–Crippen LogP) is 6.68. The summed E-state index contributed by atoms with van der Waals surface area (Å²) in [5.74, 6) is -0.333. The Bertz CT molecular complexity index is 1850. The third-order valence-corrected chi connectivity index (χ3v) is 7.16. The lowest BCUT2D eigenvalue weighted by atomic mass is 9.99. The summed E-state index contributed by atoms with van der Waals surface area (Å²) in [4.78, 5) is 28.1. The fourth-order valence-corrected chi connectivity index (χ4v) is 4.90. The van der Waals surface area contributed by atoms with E-state index < -0.39 is 17.5 Å². The first-order chi connectivity index (χ1) is 21.8.